The van der Waals surface area contributed by atoms with Gasteiger partial charge in [0.15, 0.2) is 5.76 Å². The zero-order chi connectivity index (χ0) is 15.9. The Morgan fingerprint density at radius 1 is 0.818 bits per heavy atom. The number of hydrogen-bond donors (Lipinski definition) is 0. The number of aromatic nitrogens is 2. The maximum atomic E-state index is 5.18. The number of hydrogen-bond acceptors (Lipinski definition) is 3. The molecule has 128 valence electrons. The summed E-state index contributed by atoms with van der Waals surface area (Å²) in [5.41, 5.74) is 0. The lowest BCUT2D eigenvalue weighted by Crippen LogP contribution is -1.96. The van der Waals surface area contributed by atoms with Crippen molar-refractivity contribution in [2.75, 3.05) is 0 Å². The molecule has 0 radical (unpaired) electrons. The zero-order valence-corrected chi connectivity index (χ0v) is 14.9. The first kappa shape index (κ1) is 19.2. The van der Waals surface area contributed by atoms with Crippen LogP contribution in [-0.4, -0.2) is 10.4 Å². The standard InChI is InChI=1S/C19H36N2O/c1-3-5-6-7-8-9-10-11-12-13-14-15-16-18(4-2)19-17-20-21-22-19/h17-18H,3-16H2,1-2H3. The van der Waals surface area contributed by atoms with Crippen molar-refractivity contribution in [3.63, 3.8) is 0 Å². The molecule has 1 unspecified atom stereocenters. The van der Waals surface area contributed by atoms with Crippen molar-refractivity contribution in [1.82, 2.24) is 10.4 Å². The predicted molar refractivity (Wildman–Crippen MR) is 93.0 cm³/mol. The molecular weight excluding hydrogens is 272 g/mol. The molecule has 1 rings (SSSR count). The summed E-state index contributed by atoms with van der Waals surface area (Å²) in [6, 6.07) is 0. The maximum Gasteiger partial charge on any atom is 0.160 e. The molecule has 0 amide bonds. The Kier molecular flexibility index (Phi) is 12.0. The van der Waals surface area contributed by atoms with E-state index in [-0.39, 0.29) is 0 Å². The Bertz CT molecular complexity index is 324. The van der Waals surface area contributed by atoms with Crippen LogP contribution in [0.5, 0.6) is 0 Å². The van der Waals surface area contributed by atoms with Crippen LogP contribution in [0.15, 0.2) is 10.7 Å². The molecule has 0 saturated carbocycles. The van der Waals surface area contributed by atoms with Crippen LogP contribution in [0.25, 0.3) is 0 Å². The van der Waals surface area contributed by atoms with Gasteiger partial charge in [0, 0.05) is 11.2 Å². The van der Waals surface area contributed by atoms with Gasteiger partial charge in [0.25, 0.3) is 0 Å². The molecule has 0 fully saturated rings. The van der Waals surface area contributed by atoms with Crippen LogP contribution < -0.4 is 0 Å². The van der Waals surface area contributed by atoms with Gasteiger partial charge in [-0.3, -0.25) is 0 Å². The Balaban J connectivity index is 1.85. The van der Waals surface area contributed by atoms with Crippen LogP contribution in [0.1, 0.15) is 115 Å². The third-order valence-electron chi connectivity index (χ3n) is 4.68. The molecular formula is C19H36N2O. The first-order valence-electron chi connectivity index (χ1n) is 9.65. The number of rotatable bonds is 15. The van der Waals surface area contributed by atoms with Gasteiger partial charge in [-0.25, -0.2) is 0 Å². The zero-order valence-electron chi connectivity index (χ0n) is 14.9. The van der Waals surface area contributed by atoms with Crippen LogP contribution in [0.3, 0.4) is 0 Å². The van der Waals surface area contributed by atoms with E-state index in [0.717, 1.165) is 12.2 Å². The van der Waals surface area contributed by atoms with Crippen LogP contribution in [0.2, 0.25) is 0 Å². The van der Waals surface area contributed by atoms with Gasteiger partial charge in [0.2, 0.25) is 0 Å². The molecule has 1 aromatic heterocycles. The molecule has 3 heteroatoms. The third-order valence-corrected chi connectivity index (χ3v) is 4.68. The van der Waals surface area contributed by atoms with Crippen molar-refractivity contribution in [2.24, 2.45) is 0 Å². The third kappa shape index (κ3) is 9.22. The van der Waals surface area contributed by atoms with Gasteiger partial charge in [0.05, 0.1) is 6.20 Å². The molecule has 0 spiro atoms. The monoisotopic (exact) mass is 308 g/mol. The summed E-state index contributed by atoms with van der Waals surface area (Å²) < 4.78 is 5.18. The minimum Gasteiger partial charge on any atom is -0.342 e. The van der Waals surface area contributed by atoms with Gasteiger partial charge >= 0.3 is 0 Å². The molecule has 0 aliphatic heterocycles. The normalized spacial score (nSPS) is 12.6. The Morgan fingerprint density at radius 3 is 1.82 bits per heavy atom. The molecule has 0 aromatic carbocycles. The van der Waals surface area contributed by atoms with E-state index in [4.69, 9.17) is 4.52 Å². The number of unbranched alkanes of at least 4 members (excludes halogenated alkanes) is 11. The van der Waals surface area contributed by atoms with Crippen molar-refractivity contribution in [1.29, 1.82) is 0 Å². The summed E-state index contributed by atoms with van der Waals surface area (Å²) in [5, 5.41) is 7.36. The topological polar surface area (TPSA) is 38.9 Å². The molecule has 0 saturated heterocycles. The van der Waals surface area contributed by atoms with Gasteiger partial charge in [0.1, 0.15) is 0 Å². The first-order valence-corrected chi connectivity index (χ1v) is 9.65. The van der Waals surface area contributed by atoms with E-state index >= 15 is 0 Å². The highest BCUT2D eigenvalue weighted by Crippen LogP contribution is 2.25. The molecule has 1 heterocycles. The van der Waals surface area contributed by atoms with Crippen LogP contribution in [0.4, 0.5) is 0 Å². The van der Waals surface area contributed by atoms with E-state index in [1.54, 1.807) is 6.20 Å². The second kappa shape index (κ2) is 13.8. The molecule has 0 aliphatic carbocycles. The summed E-state index contributed by atoms with van der Waals surface area (Å²) >= 11 is 0. The van der Waals surface area contributed by atoms with Crippen molar-refractivity contribution in [2.45, 2.75) is 110 Å². The van der Waals surface area contributed by atoms with Gasteiger partial charge in [-0.1, -0.05) is 90.9 Å². The lowest BCUT2D eigenvalue weighted by atomic mass is 9.96. The lowest BCUT2D eigenvalue weighted by molar-refractivity contribution is 0.330. The van der Waals surface area contributed by atoms with Crippen molar-refractivity contribution in [3.05, 3.63) is 12.0 Å². The summed E-state index contributed by atoms with van der Waals surface area (Å²) in [7, 11) is 0. The summed E-state index contributed by atoms with van der Waals surface area (Å²) in [5.74, 6) is 1.48. The van der Waals surface area contributed by atoms with Gasteiger partial charge in [-0.05, 0) is 12.8 Å². The maximum absolute atomic E-state index is 5.18. The summed E-state index contributed by atoms with van der Waals surface area (Å²) in [6.45, 7) is 4.50. The fourth-order valence-electron chi connectivity index (χ4n) is 3.13. The molecule has 0 N–H and O–H groups in total. The molecule has 3 nitrogen and oxygen atoms in total. The highest BCUT2D eigenvalue weighted by atomic mass is 16.5. The fraction of sp³-hybridized carbons (Fsp3) is 0.895. The van der Waals surface area contributed by atoms with Gasteiger partial charge in [-0.2, -0.15) is 0 Å². The molecule has 22 heavy (non-hydrogen) atoms. The van der Waals surface area contributed by atoms with E-state index in [0.29, 0.717) is 5.92 Å². The van der Waals surface area contributed by atoms with Crippen LogP contribution >= 0.6 is 0 Å². The van der Waals surface area contributed by atoms with E-state index < -0.39 is 0 Å². The van der Waals surface area contributed by atoms with E-state index in [9.17, 15) is 0 Å². The first-order chi connectivity index (χ1) is 10.9. The van der Waals surface area contributed by atoms with Gasteiger partial charge < -0.3 is 4.52 Å². The Morgan fingerprint density at radius 2 is 1.36 bits per heavy atom. The Labute approximate surface area is 137 Å². The Hall–Kier alpha value is -0.860. The molecule has 1 aromatic rings. The predicted octanol–water partition coefficient (Wildman–Crippen LogP) is 6.65. The summed E-state index contributed by atoms with van der Waals surface area (Å²) in [4.78, 5) is 0. The smallest absolute Gasteiger partial charge is 0.160 e. The van der Waals surface area contributed by atoms with Crippen LogP contribution in [0, 0.1) is 0 Å². The lowest BCUT2D eigenvalue weighted by Gasteiger charge is -2.10. The molecule has 0 aliphatic rings. The van der Waals surface area contributed by atoms with Crippen LogP contribution in [-0.2, 0) is 0 Å². The van der Waals surface area contributed by atoms with Gasteiger partial charge in [-0.15, -0.1) is 5.10 Å². The summed E-state index contributed by atoms with van der Waals surface area (Å²) in [6.07, 6.45) is 21.0. The second-order valence-electron chi connectivity index (χ2n) is 6.60. The SMILES string of the molecule is CCCCCCCCCCCCCCC(CC)c1cnno1. The number of nitrogens with zero attached hydrogens (tertiary/aromatic N) is 2. The van der Waals surface area contributed by atoms with Crippen molar-refractivity contribution < 1.29 is 4.52 Å². The fourth-order valence-corrected chi connectivity index (χ4v) is 3.13. The quantitative estimate of drug-likeness (QED) is 0.340. The minimum absolute atomic E-state index is 0.512. The van der Waals surface area contributed by atoms with E-state index in [1.165, 1.54) is 83.5 Å². The average molecular weight is 309 g/mol. The highest BCUT2D eigenvalue weighted by Gasteiger charge is 2.13. The second-order valence-corrected chi connectivity index (χ2v) is 6.60. The highest BCUT2D eigenvalue weighted by molar-refractivity contribution is 4.96. The van der Waals surface area contributed by atoms with Crippen molar-refractivity contribution >= 4 is 0 Å². The minimum atomic E-state index is 0.512. The molecule has 0 bridgehead atoms. The largest absolute Gasteiger partial charge is 0.342 e. The average Bonchev–Trinajstić information content (AvgIpc) is 3.06. The molecule has 1 atom stereocenters. The van der Waals surface area contributed by atoms with E-state index in [1.807, 2.05) is 0 Å². The van der Waals surface area contributed by atoms with E-state index in [2.05, 4.69) is 24.2 Å². The van der Waals surface area contributed by atoms with Crippen molar-refractivity contribution in [3.8, 4) is 0 Å².